The summed E-state index contributed by atoms with van der Waals surface area (Å²) in [5, 5.41) is 3.32. The SMILES string of the molecule is CSC(C)CCN1C(=O)C(C(C)C)NC(=O)C1C. The maximum absolute atomic E-state index is 12.3. The fraction of sp³-hybridized carbons (Fsp3) is 0.846. The molecule has 0 aromatic carbocycles. The number of rotatable bonds is 5. The molecule has 3 atom stereocenters. The van der Waals surface area contributed by atoms with Crippen molar-refractivity contribution in [1.82, 2.24) is 10.2 Å². The van der Waals surface area contributed by atoms with E-state index < -0.39 is 0 Å². The van der Waals surface area contributed by atoms with Crippen molar-refractivity contribution < 1.29 is 9.59 Å². The number of nitrogens with one attached hydrogen (secondary N) is 1. The van der Waals surface area contributed by atoms with Gasteiger partial charge < -0.3 is 10.2 Å². The summed E-state index contributed by atoms with van der Waals surface area (Å²) in [4.78, 5) is 25.9. The molecule has 18 heavy (non-hydrogen) atoms. The molecule has 1 aliphatic rings. The number of nitrogens with zero attached hydrogens (tertiary/aromatic N) is 1. The Morgan fingerprint density at radius 2 is 1.94 bits per heavy atom. The van der Waals surface area contributed by atoms with Crippen LogP contribution < -0.4 is 5.32 Å². The van der Waals surface area contributed by atoms with E-state index in [0.717, 1.165) is 6.42 Å². The van der Waals surface area contributed by atoms with Crippen LogP contribution in [0.5, 0.6) is 0 Å². The molecule has 104 valence electrons. The first-order valence-corrected chi connectivity index (χ1v) is 7.81. The molecule has 0 aromatic rings. The first kappa shape index (κ1) is 15.3. The first-order valence-electron chi connectivity index (χ1n) is 6.52. The van der Waals surface area contributed by atoms with E-state index in [1.165, 1.54) is 0 Å². The van der Waals surface area contributed by atoms with E-state index in [1.807, 2.05) is 13.8 Å². The van der Waals surface area contributed by atoms with E-state index in [-0.39, 0.29) is 29.8 Å². The maximum Gasteiger partial charge on any atom is 0.246 e. The van der Waals surface area contributed by atoms with Crippen molar-refractivity contribution in [2.45, 2.75) is 51.4 Å². The molecule has 1 aliphatic heterocycles. The standard InChI is InChI=1S/C13H24N2O2S/c1-8(2)11-13(17)15(7-6-9(3)18-5)10(4)12(16)14-11/h8-11H,6-7H2,1-5H3,(H,14,16). The van der Waals surface area contributed by atoms with Crippen LogP contribution in [0.15, 0.2) is 0 Å². The normalized spacial score (nSPS) is 26.4. The Balaban J connectivity index is 2.72. The van der Waals surface area contributed by atoms with Gasteiger partial charge in [0, 0.05) is 11.8 Å². The molecule has 1 rings (SSSR count). The number of piperazine rings is 1. The van der Waals surface area contributed by atoms with E-state index >= 15 is 0 Å². The van der Waals surface area contributed by atoms with Gasteiger partial charge in [0.25, 0.3) is 0 Å². The van der Waals surface area contributed by atoms with Gasteiger partial charge in [0.1, 0.15) is 12.1 Å². The van der Waals surface area contributed by atoms with E-state index in [1.54, 1.807) is 23.6 Å². The molecular formula is C13H24N2O2S. The van der Waals surface area contributed by atoms with Crippen LogP contribution in [0.3, 0.4) is 0 Å². The molecule has 1 saturated heterocycles. The highest BCUT2D eigenvalue weighted by Gasteiger charge is 2.39. The third-order valence-electron chi connectivity index (χ3n) is 3.54. The Morgan fingerprint density at radius 3 is 2.44 bits per heavy atom. The molecule has 1 N–H and O–H groups in total. The third-order valence-corrected chi connectivity index (χ3v) is 4.58. The molecule has 1 fully saturated rings. The predicted molar refractivity (Wildman–Crippen MR) is 75.5 cm³/mol. The minimum atomic E-state index is -0.363. The molecule has 0 spiro atoms. The van der Waals surface area contributed by atoms with Gasteiger partial charge in [-0.1, -0.05) is 20.8 Å². The van der Waals surface area contributed by atoms with Crippen LogP contribution in [0.1, 0.15) is 34.1 Å². The van der Waals surface area contributed by atoms with E-state index in [0.29, 0.717) is 11.8 Å². The van der Waals surface area contributed by atoms with Crippen LogP contribution in [-0.4, -0.2) is 46.8 Å². The topological polar surface area (TPSA) is 49.4 Å². The molecule has 2 amide bonds. The van der Waals surface area contributed by atoms with Gasteiger partial charge in [0.15, 0.2) is 0 Å². The highest BCUT2D eigenvalue weighted by molar-refractivity contribution is 7.99. The van der Waals surface area contributed by atoms with Crippen LogP contribution in [0.4, 0.5) is 0 Å². The molecule has 3 unspecified atom stereocenters. The third kappa shape index (κ3) is 3.40. The average Bonchev–Trinajstić information content (AvgIpc) is 2.32. The number of hydrogen-bond donors (Lipinski definition) is 1. The highest BCUT2D eigenvalue weighted by Crippen LogP contribution is 2.18. The second kappa shape index (κ2) is 6.45. The van der Waals surface area contributed by atoms with Crippen molar-refractivity contribution in [3.05, 3.63) is 0 Å². The molecule has 0 aliphatic carbocycles. The number of carbonyl (C=O) groups excluding carboxylic acids is 2. The fourth-order valence-electron chi connectivity index (χ4n) is 2.04. The Kier molecular flexibility index (Phi) is 5.50. The lowest BCUT2D eigenvalue weighted by molar-refractivity contribution is -0.149. The summed E-state index contributed by atoms with van der Waals surface area (Å²) in [6, 6.07) is -0.708. The quantitative estimate of drug-likeness (QED) is 0.825. The largest absolute Gasteiger partial charge is 0.342 e. The van der Waals surface area contributed by atoms with Gasteiger partial charge in [-0.2, -0.15) is 11.8 Å². The second-order valence-electron chi connectivity index (χ2n) is 5.27. The average molecular weight is 272 g/mol. The van der Waals surface area contributed by atoms with E-state index in [9.17, 15) is 9.59 Å². The molecule has 5 heteroatoms. The minimum Gasteiger partial charge on any atom is -0.342 e. The van der Waals surface area contributed by atoms with Crippen molar-refractivity contribution in [2.24, 2.45) is 5.92 Å². The summed E-state index contributed by atoms with van der Waals surface area (Å²) >= 11 is 1.79. The molecule has 0 radical (unpaired) electrons. The van der Waals surface area contributed by atoms with Gasteiger partial charge in [-0.3, -0.25) is 9.59 Å². The molecule has 0 bridgehead atoms. The first-order chi connectivity index (χ1) is 8.38. The Labute approximate surface area is 114 Å². The van der Waals surface area contributed by atoms with Crippen LogP contribution in [0, 0.1) is 5.92 Å². The number of hydrogen-bond acceptors (Lipinski definition) is 3. The zero-order chi connectivity index (χ0) is 13.9. The number of thioether (sulfide) groups is 1. The molecular weight excluding hydrogens is 248 g/mol. The van der Waals surface area contributed by atoms with Gasteiger partial charge in [-0.05, 0) is 25.5 Å². The highest BCUT2D eigenvalue weighted by atomic mass is 32.2. The summed E-state index contributed by atoms with van der Waals surface area (Å²) in [5.41, 5.74) is 0. The van der Waals surface area contributed by atoms with Crippen LogP contribution in [0.25, 0.3) is 0 Å². The van der Waals surface area contributed by atoms with Gasteiger partial charge >= 0.3 is 0 Å². The van der Waals surface area contributed by atoms with Crippen LogP contribution >= 0.6 is 11.8 Å². The summed E-state index contributed by atoms with van der Waals surface area (Å²) in [7, 11) is 0. The summed E-state index contributed by atoms with van der Waals surface area (Å²) in [5.74, 6) is 0.157. The summed E-state index contributed by atoms with van der Waals surface area (Å²) in [6.07, 6.45) is 2.99. The Hall–Kier alpha value is -0.710. The number of carbonyl (C=O) groups is 2. The van der Waals surface area contributed by atoms with Gasteiger partial charge in [0.05, 0.1) is 0 Å². The van der Waals surface area contributed by atoms with Gasteiger partial charge in [-0.15, -0.1) is 0 Å². The van der Waals surface area contributed by atoms with E-state index in [2.05, 4.69) is 18.5 Å². The van der Waals surface area contributed by atoms with Crippen molar-refractivity contribution in [3.8, 4) is 0 Å². The zero-order valence-electron chi connectivity index (χ0n) is 11.9. The van der Waals surface area contributed by atoms with Gasteiger partial charge in [-0.25, -0.2) is 0 Å². The van der Waals surface area contributed by atoms with Crippen LogP contribution in [0.2, 0.25) is 0 Å². The van der Waals surface area contributed by atoms with Crippen molar-refractivity contribution in [1.29, 1.82) is 0 Å². The molecule has 0 aromatic heterocycles. The van der Waals surface area contributed by atoms with Crippen LogP contribution in [-0.2, 0) is 9.59 Å². The summed E-state index contributed by atoms with van der Waals surface area (Å²) < 4.78 is 0. The van der Waals surface area contributed by atoms with Crippen molar-refractivity contribution in [3.63, 3.8) is 0 Å². The summed E-state index contributed by atoms with van der Waals surface area (Å²) in [6.45, 7) is 8.53. The lowest BCUT2D eigenvalue weighted by Crippen LogP contribution is -2.64. The molecule has 4 nitrogen and oxygen atoms in total. The lowest BCUT2D eigenvalue weighted by Gasteiger charge is -2.39. The van der Waals surface area contributed by atoms with E-state index in [4.69, 9.17) is 0 Å². The van der Waals surface area contributed by atoms with Crippen molar-refractivity contribution in [2.75, 3.05) is 12.8 Å². The number of amides is 2. The Bertz CT molecular complexity index is 320. The smallest absolute Gasteiger partial charge is 0.246 e. The maximum atomic E-state index is 12.3. The predicted octanol–water partition coefficient (Wildman–Crippen LogP) is 1.50. The fourth-order valence-corrected chi connectivity index (χ4v) is 2.38. The molecule has 1 heterocycles. The Morgan fingerprint density at radius 1 is 1.33 bits per heavy atom. The minimum absolute atomic E-state index is 0.0369. The van der Waals surface area contributed by atoms with Gasteiger partial charge in [0.2, 0.25) is 11.8 Å². The lowest BCUT2D eigenvalue weighted by atomic mass is 9.98. The second-order valence-corrected chi connectivity index (χ2v) is 6.55. The zero-order valence-corrected chi connectivity index (χ0v) is 12.7. The van der Waals surface area contributed by atoms with Crippen molar-refractivity contribution >= 4 is 23.6 Å². The molecule has 0 saturated carbocycles. The monoisotopic (exact) mass is 272 g/mol.